The predicted octanol–water partition coefficient (Wildman–Crippen LogP) is 2.52. The van der Waals surface area contributed by atoms with Gasteiger partial charge < -0.3 is 9.69 Å². The Morgan fingerprint density at radius 2 is 1.79 bits per heavy atom. The first-order valence-electron chi connectivity index (χ1n) is 11.8. The summed E-state index contributed by atoms with van der Waals surface area (Å²) in [6, 6.07) is 11.0. The molecule has 29 heavy (non-hydrogen) atoms. The van der Waals surface area contributed by atoms with Gasteiger partial charge >= 0.3 is 29.6 Å². The molecular formula is C26H36NNaO. The molecule has 1 aromatic carbocycles. The second-order valence-electron chi connectivity index (χ2n) is 10.7. The Morgan fingerprint density at radius 3 is 2.48 bits per heavy atom. The van der Waals surface area contributed by atoms with Gasteiger partial charge in [-0.15, -0.1) is 5.41 Å². The number of benzene rings is 1. The average Bonchev–Trinajstić information content (AvgIpc) is 3.04. The van der Waals surface area contributed by atoms with E-state index in [-0.39, 0.29) is 35.0 Å². The van der Waals surface area contributed by atoms with Gasteiger partial charge in [0.05, 0.1) is 0 Å². The Bertz CT molecular complexity index is 714. The van der Waals surface area contributed by atoms with E-state index in [2.05, 4.69) is 48.4 Å². The number of hydrogen-bond acceptors (Lipinski definition) is 2. The minimum absolute atomic E-state index is 0. The van der Waals surface area contributed by atoms with Crippen molar-refractivity contribution in [3.63, 3.8) is 0 Å². The van der Waals surface area contributed by atoms with E-state index in [1.807, 2.05) is 0 Å². The second kappa shape index (κ2) is 8.41. The molecular weight excluding hydrogens is 365 g/mol. The van der Waals surface area contributed by atoms with Gasteiger partial charge in [-0.1, -0.05) is 62.9 Å². The fourth-order valence-corrected chi connectivity index (χ4v) is 8.36. The fraction of sp³-hybridized carbons (Fsp3) is 0.731. The summed E-state index contributed by atoms with van der Waals surface area (Å²) in [5, 5.41) is 0. The van der Waals surface area contributed by atoms with Crippen molar-refractivity contribution in [2.75, 3.05) is 19.6 Å². The summed E-state index contributed by atoms with van der Waals surface area (Å²) in [4.78, 5) is 14.2. The van der Waals surface area contributed by atoms with Crippen LogP contribution in [0.3, 0.4) is 0 Å². The van der Waals surface area contributed by atoms with Crippen LogP contribution < -0.4 is 29.6 Å². The molecule has 5 aliphatic rings. The standard InChI is InChI=1S/C18H19O.C8H17N.Na/c19-12-16-7-13-6-15-9-18(11-16,17(15,8-13)10-16)14-4-2-1-3-5-14;1-2-6-9-7-4-3-5-8-9;/h1-5,13,15H,6-11H2;2-8H2,1H3;/q-1;;+1. The van der Waals surface area contributed by atoms with Gasteiger partial charge in [0.25, 0.3) is 0 Å². The zero-order chi connectivity index (χ0) is 19.2. The van der Waals surface area contributed by atoms with Crippen molar-refractivity contribution in [3.05, 3.63) is 35.9 Å². The van der Waals surface area contributed by atoms with Crippen molar-refractivity contribution in [1.29, 1.82) is 0 Å². The van der Waals surface area contributed by atoms with Gasteiger partial charge in [-0.25, -0.2) is 0 Å². The molecule has 4 aliphatic carbocycles. The minimum atomic E-state index is -0.0932. The van der Waals surface area contributed by atoms with E-state index in [1.165, 1.54) is 70.1 Å². The topological polar surface area (TPSA) is 20.3 Å². The van der Waals surface area contributed by atoms with Gasteiger partial charge in [-0.3, -0.25) is 6.29 Å². The van der Waals surface area contributed by atoms with Gasteiger partial charge in [0.1, 0.15) is 0 Å². The van der Waals surface area contributed by atoms with Crippen molar-refractivity contribution in [2.45, 2.75) is 76.5 Å². The average molecular weight is 402 g/mol. The van der Waals surface area contributed by atoms with Gasteiger partial charge in [-0.05, 0) is 86.4 Å². The van der Waals surface area contributed by atoms with Crippen molar-refractivity contribution >= 4 is 6.29 Å². The second-order valence-corrected chi connectivity index (χ2v) is 10.7. The molecule has 5 unspecified atom stereocenters. The van der Waals surface area contributed by atoms with Crippen molar-refractivity contribution in [2.24, 2.45) is 22.7 Å². The monoisotopic (exact) mass is 401 g/mol. The van der Waals surface area contributed by atoms with Crippen LogP contribution in [0.5, 0.6) is 0 Å². The number of piperidine rings is 1. The van der Waals surface area contributed by atoms with E-state index in [1.54, 1.807) is 0 Å². The molecule has 5 fully saturated rings. The third kappa shape index (κ3) is 3.41. The van der Waals surface area contributed by atoms with Gasteiger partial charge in [0, 0.05) is 0 Å². The molecule has 3 bridgehead atoms. The van der Waals surface area contributed by atoms with Crippen LogP contribution in [0.1, 0.15) is 76.7 Å². The summed E-state index contributed by atoms with van der Waals surface area (Å²) in [5.41, 5.74) is 2.20. The molecule has 1 spiro atoms. The normalized spacial score (nSPS) is 41.6. The molecule has 1 heterocycles. The van der Waals surface area contributed by atoms with Crippen molar-refractivity contribution in [3.8, 4) is 0 Å². The third-order valence-corrected chi connectivity index (χ3v) is 9.10. The van der Waals surface area contributed by atoms with E-state index >= 15 is 0 Å². The predicted molar refractivity (Wildman–Crippen MR) is 114 cm³/mol. The molecule has 1 saturated heterocycles. The maximum Gasteiger partial charge on any atom is 1.00 e. The zero-order valence-corrected chi connectivity index (χ0v) is 20.6. The van der Waals surface area contributed by atoms with Gasteiger partial charge in [-0.2, -0.15) is 0 Å². The number of likely N-dealkylation sites (tertiary alicyclic amines) is 1. The van der Waals surface area contributed by atoms with Crippen LogP contribution in [0, 0.1) is 22.7 Å². The quantitative estimate of drug-likeness (QED) is 0.571. The summed E-state index contributed by atoms with van der Waals surface area (Å²) >= 11 is 0. The van der Waals surface area contributed by atoms with E-state index in [0.717, 1.165) is 31.1 Å². The Kier molecular flexibility index (Phi) is 6.40. The van der Waals surface area contributed by atoms with Crippen molar-refractivity contribution in [1.82, 2.24) is 4.90 Å². The smallest absolute Gasteiger partial charge is 0.541 e. The van der Waals surface area contributed by atoms with Gasteiger partial charge in [0.15, 0.2) is 0 Å². The molecule has 152 valence electrons. The first kappa shape index (κ1) is 22.1. The van der Waals surface area contributed by atoms with Crippen LogP contribution >= 0.6 is 0 Å². The summed E-state index contributed by atoms with van der Waals surface area (Å²) in [6.45, 7) is 6.29. The van der Waals surface area contributed by atoms with Crippen LogP contribution in [0.25, 0.3) is 0 Å². The van der Waals surface area contributed by atoms with Crippen LogP contribution in [0.15, 0.2) is 30.3 Å². The maximum absolute atomic E-state index is 11.7. The Hall–Kier alpha value is -0.150. The number of carbonyl (C=O) groups excluding carboxylic acids is 1. The summed E-state index contributed by atoms with van der Waals surface area (Å²) in [6.07, 6.45) is 15.6. The molecule has 3 heteroatoms. The molecule has 0 amide bonds. The molecule has 4 saturated carbocycles. The molecule has 0 radical (unpaired) electrons. The first-order chi connectivity index (χ1) is 13.7. The zero-order valence-electron chi connectivity index (χ0n) is 18.6. The Labute approximate surface area is 199 Å². The number of fused-ring (bicyclic) bond motifs is 2. The fourth-order valence-electron chi connectivity index (χ4n) is 8.36. The van der Waals surface area contributed by atoms with E-state index in [4.69, 9.17) is 0 Å². The van der Waals surface area contributed by atoms with Gasteiger partial charge in [0.2, 0.25) is 0 Å². The molecule has 6 rings (SSSR count). The summed E-state index contributed by atoms with van der Waals surface area (Å²) in [5.74, 6) is 1.71. The first-order valence-corrected chi connectivity index (χ1v) is 11.8. The molecule has 5 atom stereocenters. The largest absolute Gasteiger partial charge is 1.00 e. The molecule has 1 aliphatic heterocycles. The maximum atomic E-state index is 11.7. The van der Waals surface area contributed by atoms with E-state index in [9.17, 15) is 4.79 Å². The van der Waals surface area contributed by atoms with Crippen LogP contribution in [0.2, 0.25) is 0 Å². The molecule has 1 aromatic rings. The number of hydrogen-bond donors (Lipinski definition) is 0. The van der Waals surface area contributed by atoms with Crippen LogP contribution in [0.4, 0.5) is 0 Å². The number of rotatable bonds is 4. The van der Waals surface area contributed by atoms with Crippen molar-refractivity contribution < 1.29 is 34.4 Å². The SMILES string of the molecule is CCCN1CCCCC1.O=[C-]C12CC3CC4CC(c5ccccc5)(C1)C4(C3)C2.[Na+]. The van der Waals surface area contributed by atoms with E-state index < -0.39 is 0 Å². The van der Waals surface area contributed by atoms with E-state index in [0.29, 0.717) is 10.8 Å². The minimum Gasteiger partial charge on any atom is -0.541 e. The molecule has 0 aromatic heterocycles. The summed E-state index contributed by atoms with van der Waals surface area (Å²) < 4.78 is 0. The third-order valence-electron chi connectivity index (χ3n) is 9.10. The van der Waals surface area contributed by atoms with Crippen LogP contribution in [-0.2, 0) is 10.2 Å². The Morgan fingerprint density at radius 1 is 1.03 bits per heavy atom. The number of nitrogens with zero attached hydrogens (tertiary/aromatic N) is 1. The molecule has 0 N–H and O–H groups in total. The Balaban J connectivity index is 0.000000176. The molecule has 2 nitrogen and oxygen atoms in total. The van der Waals surface area contributed by atoms with Crippen LogP contribution in [-0.4, -0.2) is 30.8 Å². The summed E-state index contributed by atoms with van der Waals surface area (Å²) in [7, 11) is 0.